The zero-order valence-electron chi connectivity index (χ0n) is 15.4. The van der Waals surface area contributed by atoms with Crippen LogP contribution in [-0.2, 0) is 6.42 Å². The summed E-state index contributed by atoms with van der Waals surface area (Å²) in [5, 5.41) is 7.32. The predicted molar refractivity (Wildman–Crippen MR) is 116 cm³/mol. The number of benzene rings is 3. The molecular weight excluding hydrogens is 352 g/mol. The molecule has 0 aliphatic rings. The van der Waals surface area contributed by atoms with Crippen molar-refractivity contribution >= 4 is 23.0 Å². The van der Waals surface area contributed by atoms with Crippen LogP contribution in [0.25, 0.3) is 0 Å². The van der Waals surface area contributed by atoms with E-state index >= 15 is 0 Å². The molecule has 0 bridgehead atoms. The fraction of sp³-hybridized carbons (Fsp3) is 0.174. The first-order valence-corrected chi connectivity index (χ1v) is 9.54. The molecule has 3 aromatic rings. The SMILES string of the molecule is CCOc1ccc(NC(=S)N[C@H](Cc2ccccc2)c2ccccc2)cc1. The van der Waals surface area contributed by atoms with Gasteiger partial charge in [-0.25, -0.2) is 0 Å². The standard InChI is InChI=1S/C23H24N2OS/c1-2-26-21-15-13-20(14-16-21)24-23(27)25-22(19-11-7-4-8-12-19)17-18-9-5-3-6-10-18/h3-16,22H,2,17H2,1H3,(H2,24,25,27)/t22-/m1/s1. The molecule has 0 heterocycles. The molecule has 0 amide bonds. The van der Waals surface area contributed by atoms with Gasteiger partial charge in [0.25, 0.3) is 0 Å². The maximum absolute atomic E-state index is 5.56. The van der Waals surface area contributed by atoms with Crippen LogP contribution in [0.4, 0.5) is 5.69 Å². The topological polar surface area (TPSA) is 33.3 Å². The molecule has 0 saturated carbocycles. The Morgan fingerprint density at radius 3 is 2.15 bits per heavy atom. The van der Waals surface area contributed by atoms with Crippen molar-refractivity contribution in [2.24, 2.45) is 0 Å². The third-order valence-electron chi connectivity index (χ3n) is 4.21. The van der Waals surface area contributed by atoms with E-state index in [4.69, 9.17) is 17.0 Å². The van der Waals surface area contributed by atoms with E-state index in [9.17, 15) is 0 Å². The number of anilines is 1. The molecule has 0 saturated heterocycles. The Morgan fingerprint density at radius 2 is 1.52 bits per heavy atom. The lowest BCUT2D eigenvalue weighted by Gasteiger charge is -2.22. The van der Waals surface area contributed by atoms with Gasteiger partial charge in [-0.1, -0.05) is 60.7 Å². The summed E-state index contributed by atoms with van der Waals surface area (Å²) in [6.45, 7) is 2.63. The van der Waals surface area contributed by atoms with Crippen molar-refractivity contribution in [1.29, 1.82) is 0 Å². The molecule has 0 spiro atoms. The Kier molecular flexibility index (Phi) is 6.83. The molecule has 0 fully saturated rings. The monoisotopic (exact) mass is 376 g/mol. The summed E-state index contributed by atoms with van der Waals surface area (Å²) in [5.74, 6) is 0.855. The Balaban J connectivity index is 1.68. The summed E-state index contributed by atoms with van der Waals surface area (Å²) in [7, 11) is 0. The van der Waals surface area contributed by atoms with E-state index in [-0.39, 0.29) is 6.04 Å². The Hall–Kier alpha value is -2.85. The molecule has 1 atom stereocenters. The largest absolute Gasteiger partial charge is 0.494 e. The predicted octanol–water partition coefficient (Wildman–Crippen LogP) is 5.36. The summed E-state index contributed by atoms with van der Waals surface area (Å²) in [6, 6.07) is 28.7. The highest BCUT2D eigenvalue weighted by Gasteiger charge is 2.13. The van der Waals surface area contributed by atoms with Crippen molar-refractivity contribution in [3.63, 3.8) is 0 Å². The van der Waals surface area contributed by atoms with Crippen LogP contribution in [0.3, 0.4) is 0 Å². The molecule has 0 radical (unpaired) electrons. The van der Waals surface area contributed by atoms with Crippen LogP contribution in [0.5, 0.6) is 5.75 Å². The van der Waals surface area contributed by atoms with Gasteiger partial charge in [-0.15, -0.1) is 0 Å². The summed E-state index contributed by atoms with van der Waals surface area (Å²) >= 11 is 5.56. The van der Waals surface area contributed by atoms with Crippen molar-refractivity contribution in [3.05, 3.63) is 96.1 Å². The highest BCUT2D eigenvalue weighted by atomic mass is 32.1. The molecule has 3 rings (SSSR count). The minimum atomic E-state index is 0.0938. The molecule has 4 heteroatoms. The second-order valence-electron chi connectivity index (χ2n) is 6.21. The maximum Gasteiger partial charge on any atom is 0.171 e. The molecule has 3 nitrogen and oxygen atoms in total. The maximum atomic E-state index is 5.56. The number of hydrogen-bond acceptors (Lipinski definition) is 2. The van der Waals surface area contributed by atoms with Gasteiger partial charge in [0.15, 0.2) is 5.11 Å². The summed E-state index contributed by atoms with van der Waals surface area (Å²) in [4.78, 5) is 0. The second kappa shape index (κ2) is 9.74. The van der Waals surface area contributed by atoms with Gasteiger partial charge in [-0.3, -0.25) is 0 Å². The molecule has 3 aromatic carbocycles. The molecule has 27 heavy (non-hydrogen) atoms. The molecule has 0 unspecified atom stereocenters. The van der Waals surface area contributed by atoms with Crippen LogP contribution in [0.2, 0.25) is 0 Å². The van der Waals surface area contributed by atoms with Crippen molar-refractivity contribution < 1.29 is 4.74 Å². The first kappa shape index (κ1) is 18.9. The number of thiocarbonyl (C=S) groups is 1. The van der Waals surface area contributed by atoms with Gasteiger partial charge >= 0.3 is 0 Å². The number of rotatable bonds is 7. The van der Waals surface area contributed by atoms with Gasteiger partial charge in [-0.05, 0) is 61.0 Å². The number of nitrogens with one attached hydrogen (secondary N) is 2. The third kappa shape index (κ3) is 5.83. The van der Waals surface area contributed by atoms with Crippen LogP contribution in [0.1, 0.15) is 24.1 Å². The molecule has 2 N–H and O–H groups in total. The van der Waals surface area contributed by atoms with Crippen LogP contribution >= 0.6 is 12.2 Å². The van der Waals surface area contributed by atoms with E-state index in [1.807, 2.05) is 43.3 Å². The summed E-state index contributed by atoms with van der Waals surface area (Å²) in [6.07, 6.45) is 0.857. The quantitative estimate of drug-likeness (QED) is 0.544. The highest BCUT2D eigenvalue weighted by Crippen LogP contribution is 2.20. The van der Waals surface area contributed by atoms with Gasteiger partial charge in [0.1, 0.15) is 5.75 Å². The van der Waals surface area contributed by atoms with E-state index in [0.29, 0.717) is 11.7 Å². The van der Waals surface area contributed by atoms with Crippen molar-refractivity contribution in [3.8, 4) is 5.75 Å². The summed E-state index contributed by atoms with van der Waals surface area (Å²) < 4.78 is 5.48. The second-order valence-corrected chi connectivity index (χ2v) is 6.62. The van der Waals surface area contributed by atoms with Crippen LogP contribution in [0.15, 0.2) is 84.9 Å². The smallest absolute Gasteiger partial charge is 0.171 e. The van der Waals surface area contributed by atoms with Crippen molar-refractivity contribution in [1.82, 2.24) is 5.32 Å². The van der Waals surface area contributed by atoms with Crippen molar-refractivity contribution in [2.75, 3.05) is 11.9 Å². The zero-order valence-corrected chi connectivity index (χ0v) is 16.2. The fourth-order valence-electron chi connectivity index (χ4n) is 2.91. The molecule has 0 aliphatic heterocycles. The van der Waals surface area contributed by atoms with Gasteiger partial charge in [0, 0.05) is 5.69 Å². The van der Waals surface area contributed by atoms with Crippen LogP contribution in [-0.4, -0.2) is 11.7 Å². The van der Waals surface area contributed by atoms with Gasteiger partial charge in [-0.2, -0.15) is 0 Å². The lowest BCUT2D eigenvalue weighted by atomic mass is 9.99. The molecule has 0 aliphatic carbocycles. The van der Waals surface area contributed by atoms with E-state index in [1.165, 1.54) is 11.1 Å². The van der Waals surface area contributed by atoms with Gasteiger partial charge in [0.2, 0.25) is 0 Å². The van der Waals surface area contributed by atoms with Crippen molar-refractivity contribution in [2.45, 2.75) is 19.4 Å². The molecule has 0 aromatic heterocycles. The molecule has 138 valence electrons. The Labute approximate surface area is 166 Å². The van der Waals surface area contributed by atoms with Crippen LogP contribution < -0.4 is 15.4 Å². The Morgan fingerprint density at radius 1 is 0.889 bits per heavy atom. The lowest BCUT2D eigenvalue weighted by molar-refractivity contribution is 0.340. The first-order chi connectivity index (χ1) is 13.2. The number of ether oxygens (including phenoxy) is 1. The lowest BCUT2D eigenvalue weighted by Crippen LogP contribution is -2.33. The summed E-state index contributed by atoms with van der Waals surface area (Å²) in [5.41, 5.74) is 3.40. The van der Waals surface area contributed by atoms with E-state index in [0.717, 1.165) is 17.9 Å². The van der Waals surface area contributed by atoms with Gasteiger partial charge < -0.3 is 15.4 Å². The van der Waals surface area contributed by atoms with E-state index in [2.05, 4.69) is 59.2 Å². The normalized spacial score (nSPS) is 11.4. The average Bonchev–Trinajstić information content (AvgIpc) is 2.71. The van der Waals surface area contributed by atoms with Crippen LogP contribution in [0, 0.1) is 0 Å². The number of hydrogen-bond donors (Lipinski definition) is 2. The first-order valence-electron chi connectivity index (χ1n) is 9.14. The fourth-order valence-corrected chi connectivity index (χ4v) is 3.17. The van der Waals surface area contributed by atoms with E-state index < -0.39 is 0 Å². The third-order valence-corrected chi connectivity index (χ3v) is 4.43. The average molecular weight is 377 g/mol. The van der Waals surface area contributed by atoms with Gasteiger partial charge in [0.05, 0.1) is 12.6 Å². The minimum absolute atomic E-state index is 0.0938. The van der Waals surface area contributed by atoms with E-state index in [1.54, 1.807) is 0 Å². The highest BCUT2D eigenvalue weighted by molar-refractivity contribution is 7.80. The minimum Gasteiger partial charge on any atom is -0.494 e. The Bertz CT molecular complexity index is 835. The zero-order chi connectivity index (χ0) is 18.9. The molecular formula is C23H24N2OS.